The standard InChI is InChI=1S/C12H16N4O4/c1-16(2)10(17)7-14-12(20)15-9-4-3-8(13-6-9)5-11(18)19/h3-4,6H,5,7H2,1-2H3,(H,18,19)(H2,14,15,20). The summed E-state index contributed by atoms with van der Waals surface area (Å²) in [6, 6.07) is 2.51. The monoisotopic (exact) mass is 280 g/mol. The lowest BCUT2D eigenvalue weighted by Gasteiger charge is -2.11. The molecule has 1 aromatic rings. The Morgan fingerprint density at radius 3 is 2.50 bits per heavy atom. The molecule has 20 heavy (non-hydrogen) atoms. The number of nitrogens with zero attached hydrogens (tertiary/aromatic N) is 2. The molecule has 0 fully saturated rings. The molecule has 1 aromatic heterocycles. The molecule has 108 valence electrons. The third-order valence-electron chi connectivity index (χ3n) is 2.31. The largest absolute Gasteiger partial charge is 0.481 e. The number of amides is 3. The van der Waals surface area contributed by atoms with Crippen LogP contribution in [0.4, 0.5) is 10.5 Å². The molecule has 1 rings (SSSR count). The summed E-state index contributed by atoms with van der Waals surface area (Å²) in [5, 5.41) is 13.5. The average Bonchev–Trinajstić information content (AvgIpc) is 2.37. The number of aliphatic carboxylic acids is 1. The van der Waals surface area contributed by atoms with Gasteiger partial charge in [0.05, 0.1) is 30.5 Å². The van der Waals surface area contributed by atoms with Crippen LogP contribution in [0.25, 0.3) is 0 Å². The van der Waals surface area contributed by atoms with Gasteiger partial charge in [-0.25, -0.2) is 4.79 Å². The van der Waals surface area contributed by atoms with Gasteiger partial charge in [0.15, 0.2) is 0 Å². The summed E-state index contributed by atoms with van der Waals surface area (Å²) in [7, 11) is 3.18. The number of carbonyl (C=O) groups is 3. The van der Waals surface area contributed by atoms with E-state index in [-0.39, 0.29) is 18.9 Å². The zero-order valence-corrected chi connectivity index (χ0v) is 11.2. The number of rotatable bonds is 5. The van der Waals surface area contributed by atoms with E-state index in [1.807, 2.05) is 0 Å². The fraction of sp³-hybridized carbons (Fsp3) is 0.333. The second-order valence-corrected chi connectivity index (χ2v) is 4.20. The maximum absolute atomic E-state index is 11.5. The minimum absolute atomic E-state index is 0.108. The molecule has 0 aliphatic rings. The van der Waals surface area contributed by atoms with Crippen molar-refractivity contribution in [3.8, 4) is 0 Å². The van der Waals surface area contributed by atoms with E-state index in [0.29, 0.717) is 11.4 Å². The van der Waals surface area contributed by atoms with Crippen molar-refractivity contribution >= 4 is 23.6 Å². The number of carboxylic acid groups (broad SMARTS) is 1. The summed E-state index contributed by atoms with van der Waals surface area (Å²) < 4.78 is 0. The molecule has 0 spiro atoms. The van der Waals surface area contributed by atoms with Crippen LogP contribution in [0, 0.1) is 0 Å². The summed E-state index contributed by atoms with van der Waals surface area (Å²) in [5.41, 5.74) is 0.806. The van der Waals surface area contributed by atoms with E-state index in [1.165, 1.54) is 17.2 Å². The lowest BCUT2D eigenvalue weighted by molar-refractivity contribution is -0.136. The van der Waals surface area contributed by atoms with E-state index in [4.69, 9.17) is 5.11 Å². The van der Waals surface area contributed by atoms with Gasteiger partial charge in [-0.1, -0.05) is 0 Å². The van der Waals surface area contributed by atoms with Crippen LogP contribution in [-0.2, 0) is 16.0 Å². The van der Waals surface area contributed by atoms with Crippen LogP contribution in [0.3, 0.4) is 0 Å². The fourth-order valence-corrected chi connectivity index (χ4v) is 1.25. The van der Waals surface area contributed by atoms with Gasteiger partial charge in [-0.3, -0.25) is 14.6 Å². The van der Waals surface area contributed by atoms with Crippen LogP contribution in [0.1, 0.15) is 5.69 Å². The number of hydrogen-bond acceptors (Lipinski definition) is 4. The van der Waals surface area contributed by atoms with E-state index < -0.39 is 12.0 Å². The van der Waals surface area contributed by atoms with Crippen LogP contribution >= 0.6 is 0 Å². The van der Waals surface area contributed by atoms with Crippen molar-refractivity contribution in [2.75, 3.05) is 26.0 Å². The number of pyridine rings is 1. The Morgan fingerprint density at radius 1 is 1.30 bits per heavy atom. The maximum Gasteiger partial charge on any atom is 0.319 e. The third-order valence-corrected chi connectivity index (χ3v) is 2.31. The van der Waals surface area contributed by atoms with Gasteiger partial charge in [0.1, 0.15) is 0 Å². The van der Waals surface area contributed by atoms with Gasteiger partial charge in [0.25, 0.3) is 0 Å². The topological polar surface area (TPSA) is 112 Å². The smallest absolute Gasteiger partial charge is 0.319 e. The molecule has 0 aromatic carbocycles. The van der Waals surface area contributed by atoms with Gasteiger partial charge >= 0.3 is 12.0 Å². The molecule has 0 aliphatic carbocycles. The summed E-state index contributed by atoms with van der Waals surface area (Å²) in [4.78, 5) is 38.5. The summed E-state index contributed by atoms with van der Waals surface area (Å²) in [5.74, 6) is -1.20. The van der Waals surface area contributed by atoms with Crippen molar-refractivity contribution < 1.29 is 19.5 Å². The van der Waals surface area contributed by atoms with Gasteiger partial charge in [0, 0.05) is 14.1 Å². The zero-order valence-electron chi connectivity index (χ0n) is 11.2. The summed E-state index contributed by atoms with van der Waals surface area (Å²) in [6.07, 6.45) is 1.18. The Morgan fingerprint density at radius 2 is 2.00 bits per heavy atom. The van der Waals surface area contributed by atoms with Crippen molar-refractivity contribution in [3.63, 3.8) is 0 Å². The molecule has 3 N–H and O–H groups in total. The molecule has 0 aliphatic heterocycles. The number of aromatic nitrogens is 1. The molecule has 0 unspecified atom stereocenters. The predicted molar refractivity (Wildman–Crippen MR) is 71.3 cm³/mol. The normalized spacial score (nSPS) is 9.70. The zero-order chi connectivity index (χ0) is 15.1. The Hall–Kier alpha value is -2.64. The predicted octanol–water partition coefficient (Wildman–Crippen LogP) is -0.0816. The molecule has 3 amide bonds. The van der Waals surface area contributed by atoms with E-state index in [2.05, 4.69) is 15.6 Å². The van der Waals surface area contributed by atoms with Crippen LogP contribution in [0.15, 0.2) is 18.3 Å². The average molecular weight is 280 g/mol. The van der Waals surface area contributed by atoms with E-state index >= 15 is 0 Å². The minimum atomic E-state index is -0.974. The van der Waals surface area contributed by atoms with Crippen LogP contribution in [-0.4, -0.2) is 53.5 Å². The lowest BCUT2D eigenvalue weighted by atomic mass is 10.2. The highest BCUT2D eigenvalue weighted by atomic mass is 16.4. The Labute approximate surface area is 115 Å². The van der Waals surface area contributed by atoms with Gasteiger partial charge in [0.2, 0.25) is 5.91 Å². The molecule has 0 bridgehead atoms. The second kappa shape index (κ2) is 7.07. The van der Waals surface area contributed by atoms with Gasteiger partial charge in [-0.2, -0.15) is 0 Å². The highest BCUT2D eigenvalue weighted by molar-refractivity contribution is 5.92. The Kier molecular flexibility index (Phi) is 5.45. The van der Waals surface area contributed by atoms with Crippen molar-refractivity contribution in [3.05, 3.63) is 24.0 Å². The molecule has 1 heterocycles. The summed E-state index contributed by atoms with van der Waals surface area (Å²) >= 11 is 0. The van der Waals surface area contributed by atoms with E-state index in [1.54, 1.807) is 20.2 Å². The number of carbonyl (C=O) groups excluding carboxylic acids is 2. The van der Waals surface area contributed by atoms with Crippen molar-refractivity contribution in [1.29, 1.82) is 0 Å². The number of urea groups is 1. The lowest BCUT2D eigenvalue weighted by Crippen LogP contribution is -2.38. The van der Waals surface area contributed by atoms with Crippen LogP contribution in [0.5, 0.6) is 0 Å². The van der Waals surface area contributed by atoms with Crippen molar-refractivity contribution in [2.24, 2.45) is 0 Å². The molecule has 0 saturated carbocycles. The number of hydrogen-bond donors (Lipinski definition) is 3. The molecule has 0 saturated heterocycles. The Balaban J connectivity index is 2.46. The van der Waals surface area contributed by atoms with Crippen LogP contribution in [0.2, 0.25) is 0 Å². The molecule has 8 nitrogen and oxygen atoms in total. The first kappa shape index (κ1) is 15.4. The minimum Gasteiger partial charge on any atom is -0.481 e. The van der Waals surface area contributed by atoms with E-state index in [0.717, 1.165) is 0 Å². The summed E-state index contributed by atoms with van der Waals surface area (Å²) in [6.45, 7) is -0.108. The number of nitrogens with one attached hydrogen (secondary N) is 2. The highest BCUT2D eigenvalue weighted by Gasteiger charge is 2.07. The first-order valence-electron chi connectivity index (χ1n) is 5.80. The molecule has 0 radical (unpaired) electrons. The molecular formula is C12H16N4O4. The van der Waals surface area contributed by atoms with Crippen molar-refractivity contribution in [2.45, 2.75) is 6.42 Å². The van der Waals surface area contributed by atoms with Gasteiger partial charge in [-0.05, 0) is 12.1 Å². The molecule has 8 heteroatoms. The first-order chi connectivity index (χ1) is 9.38. The van der Waals surface area contributed by atoms with Crippen molar-refractivity contribution in [1.82, 2.24) is 15.2 Å². The second-order valence-electron chi connectivity index (χ2n) is 4.20. The number of anilines is 1. The molecular weight excluding hydrogens is 264 g/mol. The van der Waals surface area contributed by atoms with Crippen LogP contribution < -0.4 is 10.6 Å². The van der Waals surface area contributed by atoms with Gasteiger partial charge in [-0.15, -0.1) is 0 Å². The third kappa shape index (κ3) is 5.34. The molecule has 0 atom stereocenters. The Bertz CT molecular complexity index is 499. The fourth-order valence-electron chi connectivity index (χ4n) is 1.25. The SMILES string of the molecule is CN(C)C(=O)CNC(=O)Nc1ccc(CC(=O)O)nc1. The first-order valence-corrected chi connectivity index (χ1v) is 5.80. The quantitative estimate of drug-likeness (QED) is 0.698. The van der Waals surface area contributed by atoms with Gasteiger partial charge < -0.3 is 20.6 Å². The van der Waals surface area contributed by atoms with E-state index in [9.17, 15) is 14.4 Å². The number of carboxylic acids is 1. The highest BCUT2D eigenvalue weighted by Crippen LogP contribution is 2.06. The maximum atomic E-state index is 11.5. The number of likely N-dealkylation sites (N-methyl/N-ethyl adjacent to an activating group) is 1.